The topological polar surface area (TPSA) is 29.5 Å². The minimum Gasteiger partial charge on any atom is -0.495 e. The molecule has 2 aromatic carbocycles. The van der Waals surface area contributed by atoms with Gasteiger partial charge in [0.25, 0.3) is 0 Å². The number of rotatable bonds is 3. The van der Waals surface area contributed by atoms with Crippen LogP contribution in [0, 0.1) is 0 Å². The van der Waals surface area contributed by atoms with E-state index in [0.717, 1.165) is 5.56 Å². The second-order valence-corrected chi connectivity index (χ2v) is 4.70. The summed E-state index contributed by atoms with van der Waals surface area (Å²) in [5.74, 6) is 0.537. The summed E-state index contributed by atoms with van der Waals surface area (Å²) in [4.78, 5) is 0. The van der Waals surface area contributed by atoms with Gasteiger partial charge in [-0.1, -0.05) is 41.4 Å². The summed E-state index contributed by atoms with van der Waals surface area (Å²) < 4.78 is 5.13. The molecule has 0 radical (unpaired) electrons. The van der Waals surface area contributed by atoms with Crippen LogP contribution < -0.4 is 4.74 Å². The van der Waals surface area contributed by atoms with Gasteiger partial charge in [-0.2, -0.15) is 0 Å². The highest BCUT2D eigenvalue weighted by atomic mass is 35.5. The summed E-state index contributed by atoms with van der Waals surface area (Å²) in [7, 11) is 1.54. The van der Waals surface area contributed by atoms with Crippen molar-refractivity contribution < 1.29 is 9.84 Å². The number of hydrogen-bond donors (Lipinski definition) is 1. The molecule has 0 bridgehead atoms. The minimum atomic E-state index is -0.755. The van der Waals surface area contributed by atoms with Crippen LogP contribution in [0.2, 0.25) is 10.0 Å². The molecule has 2 rings (SSSR count). The fourth-order valence-corrected chi connectivity index (χ4v) is 2.11. The van der Waals surface area contributed by atoms with Crippen LogP contribution in [-0.4, -0.2) is 12.2 Å². The molecule has 0 amide bonds. The molecule has 1 N–H and O–H groups in total. The molecule has 1 atom stereocenters. The molecule has 2 aromatic rings. The lowest BCUT2D eigenvalue weighted by Crippen LogP contribution is -2.00. The van der Waals surface area contributed by atoms with Crippen molar-refractivity contribution in [2.75, 3.05) is 7.11 Å². The maximum absolute atomic E-state index is 10.3. The average Bonchev–Trinajstić information content (AvgIpc) is 2.38. The fourth-order valence-electron chi connectivity index (χ4n) is 1.72. The van der Waals surface area contributed by atoms with Gasteiger partial charge in [-0.15, -0.1) is 0 Å². The lowest BCUT2D eigenvalue weighted by molar-refractivity contribution is 0.220. The van der Waals surface area contributed by atoms with Gasteiger partial charge >= 0.3 is 0 Å². The molecule has 0 heterocycles. The number of ether oxygens (including phenoxy) is 1. The third-order valence-corrected chi connectivity index (χ3v) is 3.20. The van der Waals surface area contributed by atoms with E-state index in [0.29, 0.717) is 21.4 Å². The molecule has 2 nitrogen and oxygen atoms in total. The Morgan fingerprint density at radius 3 is 2.44 bits per heavy atom. The third kappa shape index (κ3) is 2.78. The molecule has 94 valence electrons. The molecule has 0 aliphatic carbocycles. The predicted octanol–water partition coefficient (Wildman–Crippen LogP) is 4.08. The Hall–Kier alpha value is -1.22. The average molecular weight is 283 g/mol. The van der Waals surface area contributed by atoms with E-state index in [4.69, 9.17) is 27.9 Å². The van der Waals surface area contributed by atoms with E-state index in [-0.39, 0.29) is 0 Å². The lowest BCUT2D eigenvalue weighted by Gasteiger charge is -2.13. The first kappa shape index (κ1) is 13.2. The van der Waals surface area contributed by atoms with Crippen LogP contribution in [0.25, 0.3) is 0 Å². The summed E-state index contributed by atoms with van der Waals surface area (Å²) in [6.07, 6.45) is -0.755. The maximum atomic E-state index is 10.3. The molecular formula is C14H12Cl2O2. The molecule has 0 saturated heterocycles. The van der Waals surface area contributed by atoms with Gasteiger partial charge in [0.1, 0.15) is 11.9 Å². The van der Waals surface area contributed by atoms with Crippen molar-refractivity contribution in [3.8, 4) is 5.75 Å². The second kappa shape index (κ2) is 5.61. The zero-order valence-corrected chi connectivity index (χ0v) is 11.2. The van der Waals surface area contributed by atoms with Crippen molar-refractivity contribution in [3.63, 3.8) is 0 Å². The number of aliphatic hydroxyl groups is 1. The summed E-state index contributed by atoms with van der Waals surface area (Å²) in [6, 6.07) is 12.3. The second-order valence-electron chi connectivity index (χ2n) is 3.85. The third-order valence-electron chi connectivity index (χ3n) is 2.66. The smallest absolute Gasteiger partial charge is 0.137 e. The SMILES string of the molecule is COc1cc(C(O)c2cccc(Cl)c2)ccc1Cl. The van der Waals surface area contributed by atoms with Crippen LogP contribution in [-0.2, 0) is 0 Å². The Kier molecular flexibility index (Phi) is 4.12. The van der Waals surface area contributed by atoms with Gasteiger partial charge in [0.15, 0.2) is 0 Å². The molecular weight excluding hydrogens is 271 g/mol. The standard InChI is InChI=1S/C14H12Cl2O2/c1-18-13-8-10(5-6-12(13)16)14(17)9-3-2-4-11(15)7-9/h2-8,14,17H,1H3. The normalized spacial score (nSPS) is 12.2. The van der Waals surface area contributed by atoms with Gasteiger partial charge in [-0.25, -0.2) is 0 Å². The van der Waals surface area contributed by atoms with Gasteiger partial charge < -0.3 is 9.84 Å². The summed E-state index contributed by atoms with van der Waals surface area (Å²) in [6.45, 7) is 0. The zero-order valence-electron chi connectivity index (χ0n) is 9.73. The van der Waals surface area contributed by atoms with Crippen LogP contribution in [0.15, 0.2) is 42.5 Å². The maximum Gasteiger partial charge on any atom is 0.137 e. The zero-order chi connectivity index (χ0) is 13.1. The summed E-state index contributed by atoms with van der Waals surface area (Å²) in [5.41, 5.74) is 1.44. The van der Waals surface area contributed by atoms with Crippen molar-refractivity contribution in [3.05, 3.63) is 63.6 Å². The van der Waals surface area contributed by atoms with Crippen molar-refractivity contribution in [2.24, 2.45) is 0 Å². The highest BCUT2D eigenvalue weighted by molar-refractivity contribution is 6.32. The Labute approximate surface area is 116 Å². The molecule has 4 heteroatoms. The minimum absolute atomic E-state index is 0.513. The van der Waals surface area contributed by atoms with Gasteiger partial charge in [-0.05, 0) is 35.4 Å². The Bertz CT molecular complexity index is 555. The predicted molar refractivity (Wildman–Crippen MR) is 73.5 cm³/mol. The molecule has 18 heavy (non-hydrogen) atoms. The van der Waals surface area contributed by atoms with Gasteiger partial charge in [0.2, 0.25) is 0 Å². The van der Waals surface area contributed by atoms with E-state index in [1.54, 1.807) is 36.4 Å². The number of methoxy groups -OCH3 is 1. The van der Waals surface area contributed by atoms with E-state index in [2.05, 4.69) is 0 Å². The highest BCUT2D eigenvalue weighted by Crippen LogP contribution is 2.31. The summed E-state index contributed by atoms with van der Waals surface area (Å²) >= 11 is 11.8. The Morgan fingerprint density at radius 2 is 1.78 bits per heavy atom. The van der Waals surface area contributed by atoms with E-state index in [9.17, 15) is 5.11 Å². The van der Waals surface area contributed by atoms with E-state index in [1.807, 2.05) is 6.07 Å². The first-order valence-corrected chi connectivity index (χ1v) is 6.14. The Morgan fingerprint density at radius 1 is 1.06 bits per heavy atom. The quantitative estimate of drug-likeness (QED) is 0.919. The number of halogens is 2. The lowest BCUT2D eigenvalue weighted by atomic mass is 10.0. The van der Waals surface area contributed by atoms with Gasteiger partial charge in [-0.3, -0.25) is 0 Å². The number of benzene rings is 2. The van der Waals surface area contributed by atoms with Crippen molar-refractivity contribution in [1.29, 1.82) is 0 Å². The van der Waals surface area contributed by atoms with Gasteiger partial charge in [0, 0.05) is 5.02 Å². The van der Waals surface area contributed by atoms with Crippen LogP contribution in [0.4, 0.5) is 0 Å². The first-order valence-electron chi connectivity index (χ1n) is 5.39. The molecule has 1 unspecified atom stereocenters. The fraction of sp³-hybridized carbons (Fsp3) is 0.143. The monoisotopic (exact) mass is 282 g/mol. The Balaban J connectivity index is 2.36. The van der Waals surface area contributed by atoms with E-state index >= 15 is 0 Å². The number of aliphatic hydroxyl groups excluding tert-OH is 1. The first-order chi connectivity index (χ1) is 8.61. The van der Waals surface area contributed by atoms with Crippen LogP contribution in [0.1, 0.15) is 17.2 Å². The van der Waals surface area contributed by atoms with Crippen LogP contribution >= 0.6 is 23.2 Å². The molecule has 0 aliphatic rings. The molecule has 0 aliphatic heterocycles. The van der Waals surface area contributed by atoms with Gasteiger partial charge in [0.05, 0.1) is 12.1 Å². The van der Waals surface area contributed by atoms with E-state index in [1.165, 1.54) is 7.11 Å². The molecule has 0 spiro atoms. The largest absolute Gasteiger partial charge is 0.495 e. The molecule has 0 saturated carbocycles. The van der Waals surface area contributed by atoms with E-state index < -0.39 is 6.10 Å². The van der Waals surface area contributed by atoms with Crippen molar-refractivity contribution in [2.45, 2.75) is 6.10 Å². The van der Waals surface area contributed by atoms with Crippen molar-refractivity contribution in [1.82, 2.24) is 0 Å². The van der Waals surface area contributed by atoms with Crippen LogP contribution in [0.3, 0.4) is 0 Å². The summed E-state index contributed by atoms with van der Waals surface area (Å²) in [5, 5.41) is 11.4. The van der Waals surface area contributed by atoms with Crippen LogP contribution in [0.5, 0.6) is 5.75 Å². The number of hydrogen-bond acceptors (Lipinski definition) is 2. The molecule has 0 fully saturated rings. The van der Waals surface area contributed by atoms with Crippen molar-refractivity contribution >= 4 is 23.2 Å². The highest BCUT2D eigenvalue weighted by Gasteiger charge is 2.13. The molecule has 0 aromatic heterocycles.